The van der Waals surface area contributed by atoms with Gasteiger partial charge in [0.1, 0.15) is 11.8 Å². The second-order valence-electron chi connectivity index (χ2n) is 7.19. The third kappa shape index (κ3) is 6.87. The van der Waals surface area contributed by atoms with E-state index in [1.807, 2.05) is 13.0 Å². The molecule has 0 aliphatic heterocycles. The molecular formula is C25H23ClN4O5. The van der Waals surface area contributed by atoms with Crippen molar-refractivity contribution in [2.75, 3.05) is 6.61 Å². The fourth-order valence-electron chi connectivity index (χ4n) is 3.14. The molecule has 0 radical (unpaired) electrons. The van der Waals surface area contributed by atoms with Crippen molar-refractivity contribution < 1.29 is 19.2 Å². The van der Waals surface area contributed by atoms with Crippen LogP contribution in [-0.2, 0) is 13.0 Å². The first-order valence-electron chi connectivity index (χ1n) is 10.6. The van der Waals surface area contributed by atoms with Crippen LogP contribution in [-0.4, -0.2) is 28.6 Å². The summed E-state index contributed by atoms with van der Waals surface area (Å²) in [6.07, 6.45) is 5.20. The highest BCUT2D eigenvalue weighted by Gasteiger charge is 2.14. The molecule has 0 spiro atoms. The molecule has 9 nitrogen and oxygen atoms in total. The Labute approximate surface area is 207 Å². The third-order valence-electron chi connectivity index (χ3n) is 4.73. The summed E-state index contributed by atoms with van der Waals surface area (Å²) in [5, 5.41) is 15.0. The SMILES string of the molecule is C=CCc1cc(C=NNC(=O)c2cccnc2Cl)cc(OCC)c1OCc1ccc([N+](=O)[O-])cc1. The summed E-state index contributed by atoms with van der Waals surface area (Å²) in [6.45, 7) is 6.25. The van der Waals surface area contributed by atoms with E-state index >= 15 is 0 Å². The van der Waals surface area contributed by atoms with Crippen molar-refractivity contribution in [3.8, 4) is 11.5 Å². The summed E-state index contributed by atoms with van der Waals surface area (Å²) < 4.78 is 11.8. The number of nitrogens with one attached hydrogen (secondary N) is 1. The van der Waals surface area contributed by atoms with E-state index in [9.17, 15) is 14.9 Å². The molecule has 0 unspecified atom stereocenters. The number of nitro benzene ring substituents is 1. The van der Waals surface area contributed by atoms with Gasteiger partial charge in [0.05, 0.1) is 23.3 Å². The molecule has 0 fully saturated rings. The Hall–Kier alpha value is -4.24. The zero-order chi connectivity index (χ0) is 25.2. The van der Waals surface area contributed by atoms with Gasteiger partial charge >= 0.3 is 0 Å². The zero-order valence-corrected chi connectivity index (χ0v) is 19.7. The van der Waals surface area contributed by atoms with Crippen molar-refractivity contribution >= 4 is 29.4 Å². The van der Waals surface area contributed by atoms with Gasteiger partial charge in [-0.15, -0.1) is 6.58 Å². The number of benzene rings is 2. The van der Waals surface area contributed by atoms with Crippen molar-refractivity contribution in [3.05, 3.63) is 105 Å². The third-order valence-corrected chi connectivity index (χ3v) is 5.03. The molecule has 0 saturated carbocycles. The van der Waals surface area contributed by atoms with E-state index in [-0.39, 0.29) is 23.0 Å². The molecule has 2 aromatic carbocycles. The van der Waals surface area contributed by atoms with Crippen LogP contribution in [0.25, 0.3) is 0 Å². The minimum absolute atomic E-state index is 0.0117. The van der Waals surface area contributed by atoms with Crippen LogP contribution in [0.4, 0.5) is 5.69 Å². The van der Waals surface area contributed by atoms with E-state index in [2.05, 4.69) is 22.1 Å². The quantitative estimate of drug-likeness (QED) is 0.130. The van der Waals surface area contributed by atoms with Crippen molar-refractivity contribution in [2.45, 2.75) is 20.0 Å². The molecule has 0 aliphatic rings. The highest BCUT2D eigenvalue weighted by molar-refractivity contribution is 6.32. The van der Waals surface area contributed by atoms with Gasteiger partial charge in [-0.3, -0.25) is 14.9 Å². The van der Waals surface area contributed by atoms with E-state index in [1.54, 1.807) is 36.4 Å². The van der Waals surface area contributed by atoms with Gasteiger partial charge < -0.3 is 9.47 Å². The molecule has 0 aliphatic carbocycles. The summed E-state index contributed by atoms with van der Waals surface area (Å²) in [5.41, 5.74) is 4.90. The van der Waals surface area contributed by atoms with E-state index < -0.39 is 10.8 Å². The molecule has 1 N–H and O–H groups in total. The van der Waals surface area contributed by atoms with Crippen molar-refractivity contribution in [1.29, 1.82) is 0 Å². The number of hydrazone groups is 1. The van der Waals surface area contributed by atoms with Crippen LogP contribution >= 0.6 is 11.6 Å². The predicted molar refractivity (Wildman–Crippen MR) is 133 cm³/mol. The monoisotopic (exact) mass is 494 g/mol. The van der Waals surface area contributed by atoms with Crippen molar-refractivity contribution in [3.63, 3.8) is 0 Å². The molecule has 1 heterocycles. The standard InChI is InChI=1S/C25H23ClN4O5/c1-3-6-19-13-18(15-28-29-25(31)21-7-5-12-27-24(21)26)14-22(34-4-2)23(19)35-16-17-8-10-20(11-9-17)30(32)33/h3,5,7-15H,1,4,6,16H2,2H3,(H,29,31). The Morgan fingerprint density at radius 1 is 1.26 bits per heavy atom. The second kappa shape index (κ2) is 12.3. The van der Waals surface area contributed by atoms with Gasteiger partial charge in [0, 0.05) is 23.9 Å². The number of pyridine rings is 1. The highest BCUT2D eigenvalue weighted by Crippen LogP contribution is 2.34. The number of non-ortho nitro benzene ring substituents is 1. The lowest BCUT2D eigenvalue weighted by molar-refractivity contribution is -0.384. The van der Waals surface area contributed by atoms with Crippen LogP contribution in [0.1, 0.15) is 34.0 Å². The van der Waals surface area contributed by atoms with E-state index in [1.165, 1.54) is 24.5 Å². The lowest BCUT2D eigenvalue weighted by atomic mass is 10.1. The molecule has 0 atom stereocenters. The first-order valence-corrected chi connectivity index (χ1v) is 11.0. The Morgan fingerprint density at radius 2 is 2.03 bits per heavy atom. The molecule has 3 rings (SSSR count). The number of nitrogens with zero attached hydrogens (tertiary/aromatic N) is 3. The molecule has 1 amide bonds. The summed E-state index contributed by atoms with van der Waals surface area (Å²) in [6, 6.07) is 12.9. The number of hydrogen-bond donors (Lipinski definition) is 1. The first-order chi connectivity index (χ1) is 16.9. The lowest BCUT2D eigenvalue weighted by Crippen LogP contribution is -2.18. The van der Waals surface area contributed by atoms with E-state index in [4.69, 9.17) is 21.1 Å². The number of aromatic nitrogens is 1. The van der Waals surface area contributed by atoms with Gasteiger partial charge in [-0.2, -0.15) is 5.10 Å². The number of hydrogen-bond acceptors (Lipinski definition) is 7. The molecular weight excluding hydrogens is 472 g/mol. The normalized spacial score (nSPS) is 10.7. The molecule has 3 aromatic rings. The lowest BCUT2D eigenvalue weighted by Gasteiger charge is -2.17. The summed E-state index contributed by atoms with van der Waals surface area (Å²) >= 11 is 5.95. The maximum absolute atomic E-state index is 12.3. The topological polar surface area (TPSA) is 116 Å². The number of rotatable bonds is 11. The number of carbonyl (C=O) groups excluding carboxylic acids is 1. The number of halogens is 1. The van der Waals surface area contributed by atoms with Gasteiger partial charge in [0.2, 0.25) is 0 Å². The molecule has 180 valence electrons. The zero-order valence-electron chi connectivity index (χ0n) is 18.9. The van der Waals surface area contributed by atoms with Crippen LogP contribution < -0.4 is 14.9 Å². The minimum atomic E-state index is -0.487. The summed E-state index contributed by atoms with van der Waals surface area (Å²) in [7, 11) is 0. The fourth-order valence-corrected chi connectivity index (χ4v) is 3.35. The molecule has 0 bridgehead atoms. The largest absolute Gasteiger partial charge is 0.490 e. The smallest absolute Gasteiger partial charge is 0.274 e. The average Bonchev–Trinajstić information content (AvgIpc) is 2.84. The maximum atomic E-state index is 12.3. The Kier molecular flexibility index (Phi) is 8.91. The van der Waals surface area contributed by atoms with Gasteiger partial charge in [0.15, 0.2) is 11.5 Å². The maximum Gasteiger partial charge on any atom is 0.274 e. The number of allylic oxidation sites excluding steroid dienone is 1. The molecule has 0 saturated heterocycles. The van der Waals surface area contributed by atoms with Crippen LogP contribution in [0, 0.1) is 10.1 Å². The molecule has 1 aromatic heterocycles. The fraction of sp³-hybridized carbons (Fsp3) is 0.160. The van der Waals surface area contributed by atoms with Gasteiger partial charge in [-0.05, 0) is 60.9 Å². The number of nitro groups is 1. The molecule has 10 heteroatoms. The van der Waals surface area contributed by atoms with Crippen LogP contribution in [0.5, 0.6) is 11.5 Å². The Morgan fingerprint density at radius 3 is 2.69 bits per heavy atom. The van der Waals surface area contributed by atoms with Crippen molar-refractivity contribution in [2.24, 2.45) is 5.10 Å². The predicted octanol–water partition coefficient (Wildman–Crippen LogP) is 5.11. The highest BCUT2D eigenvalue weighted by atomic mass is 35.5. The van der Waals surface area contributed by atoms with Gasteiger partial charge in [0.25, 0.3) is 11.6 Å². The Bertz CT molecular complexity index is 1250. The second-order valence-corrected chi connectivity index (χ2v) is 7.54. The van der Waals surface area contributed by atoms with Crippen LogP contribution in [0.2, 0.25) is 5.15 Å². The Balaban J connectivity index is 1.80. The number of amides is 1. The summed E-state index contributed by atoms with van der Waals surface area (Å²) in [5.74, 6) is 0.545. The van der Waals surface area contributed by atoms with E-state index in [0.717, 1.165) is 11.1 Å². The van der Waals surface area contributed by atoms with Gasteiger partial charge in [-0.1, -0.05) is 17.7 Å². The van der Waals surface area contributed by atoms with E-state index in [0.29, 0.717) is 30.1 Å². The number of carbonyl (C=O) groups is 1. The van der Waals surface area contributed by atoms with Gasteiger partial charge in [-0.25, -0.2) is 10.4 Å². The molecule has 35 heavy (non-hydrogen) atoms. The minimum Gasteiger partial charge on any atom is -0.490 e. The van der Waals surface area contributed by atoms with Crippen LogP contribution in [0.15, 0.2) is 72.5 Å². The first kappa shape index (κ1) is 25.4. The van der Waals surface area contributed by atoms with Crippen molar-refractivity contribution in [1.82, 2.24) is 10.4 Å². The summed E-state index contributed by atoms with van der Waals surface area (Å²) in [4.78, 5) is 26.6. The van der Waals surface area contributed by atoms with Crippen LogP contribution in [0.3, 0.4) is 0 Å². The average molecular weight is 495 g/mol. The number of ether oxygens (including phenoxy) is 2.